The van der Waals surface area contributed by atoms with E-state index in [1.807, 2.05) is 84.9 Å². The fourth-order valence-electron chi connectivity index (χ4n) is 3.90. The number of hydrogen-bond acceptors (Lipinski definition) is 4. The highest BCUT2D eigenvalue weighted by atomic mass is 31.2. The van der Waals surface area contributed by atoms with E-state index in [0.29, 0.717) is 17.2 Å². The van der Waals surface area contributed by atoms with Gasteiger partial charge in [0.25, 0.3) is 0 Å². The Kier molecular flexibility index (Phi) is 6.24. The monoisotopic (exact) mass is 468 g/mol. The van der Waals surface area contributed by atoms with Crippen molar-refractivity contribution in [1.82, 2.24) is 0 Å². The number of phosphoric ester groups is 1. The molecule has 0 aliphatic heterocycles. The summed E-state index contributed by atoms with van der Waals surface area (Å²) in [6.07, 6.45) is 2.02. The van der Waals surface area contributed by atoms with E-state index in [2.05, 4.69) is 6.92 Å². The lowest BCUT2D eigenvalue weighted by molar-refractivity contribution is 0.298. The van der Waals surface area contributed by atoms with Crippen LogP contribution >= 0.6 is 7.82 Å². The van der Waals surface area contributed by atoms with Crippen LogP contribution in [0, 0.1) is 0 Å². The van der Waals surface area contributed by atoms with Gasteiger partial charge in [0.15, 0.2) is 0 Å². The van der Waals surface area contributed by atoms with Crippen LogP contribution in [0.5, 0.6) is 17.2 Å². The average Bonchev–Trinajstić information content (AvgIpc) is 2.85. The Hall–Kier alpha value is -3.75. The summed E-state index contributed by atoms with van der Waals surface area (Å²) in [5.41, 5.74) is 1.19. The summed E-state index contributed by atoms with van der Waals surface area (Å²) >= 11 is 0. The molecule has 0 saturated heterocycles. The first kappa shape index (κ1) is 22.1. The molecule has 0 unspecified atom stereocenters. The van der Waals surface area contributed by atoms with Crippen LogP contribution < -0.4 is 13.6 Å². The summed E-state index contributed by atoms with van der Waals surface area (Å²) in [6.45, 7) is 2.13. The Labute approximate surface area is 199 Å². The van der Waals surface area contributed by atoms with Crippen molar-refractivity contribution >= 4 is 29.4 Å². The van der Waals surface area contributed by atoms with Crippen molar-refractivity contribution in [1.29, 1.82) is 0 Å². The minimum Gasteiger partial charge on any atom is -0.386 e. The second-order valence-corrected chi connectivity index (χ2v) is 9.58. The number of rotatable bonds is 8. The van der Waals surface area contributed by atoms with Gasteiger partial charge in [-0.25, -0.2) is 0 Å². The fourth-order valence-corrected chi connectivity index (χ4v) is 5.13. The van der Waals surface area contributed by atoms with Crippen molar-refractivity contribution in [3.05, 3.63) is 115 Å². The quantitative estimate of drug-likeness (QED) is 0.214. The lowest BCUT2D eigenvalue weighted by atomic mass is 10.1. The molecule has 0 saturated carbocycles. The molecular formula is C29H25O4P. The molecule has 5 aromatic carbocycles. The highest BCUT2D eigenvalue weighted by molar-refractivity contribution is 7.49. The van der Waals surface area contributed by atoms with E-state index in [4.69, 9.17) is 13.6 Å². The summed E-state index contributed by atoms with van der Waals surface area (Å²) in [4.78, 5) is 0. The Bertz CT molecular complexity index is 1390. The number of fused-ring (bicyclic) bond motifs is 2. The lowest BCUT2D eigenvalue weighted by Crippen LogP contribution is -2.07. The van der Waals surface area contributed by atoms with Crippen LogP contribution in [0.2, 0.25) is 0 Å². The van der Waals surface area contributed by atoms with E-state index in [-0.39, 0.29) is 0 Å². The Morgan fingerprint density at radius 3 is 1.50 bits per heavy atom. The topological polar surface area (TPSA) is 44.8 Å². The highest BCUT2D eigenvalue weighted by Crippen LogP contribution is 2.50. The first-order valence-corrected chi connectivity index (χ1v) is 12.8. The van der Waals surface area contributed by atoms with Crippen LogP contribution in [0.3, 0.4) is 0 Å². The van der Waals surface area contributed by atoms with Crippen LogP contribution in [-0.4, -0.2) is 0 Å². The minimum absolute atomic E-state index is 0.408. The van der Waals surface area contributed by atoms with Crippen molar-refractivity contribution in [3.63, 3.8) is 0 Å². The van der Waals surface area contributed by atoms with Gasteiger partial charge in [0.05, 0.1) is 0 Å². The molecule has 0 bridgehead atoms. The second-order valence-electron chi connectivity index (χ2n) is 8.13. The third-order valence-electron chi connectivity index (χ3n) is 5.56. The molecule has 0 aliphatic carbocycles. The predicted molar refractivity (Wildman–Crippen MR) is 138 cm³/mol. The molecule has 5 rings (SSSR count). The molecule has 0 aliphatic rings. The van der Waals surface area contributed by atoms with E-state index < -0.39 is 7.82 Å². The van der Waals surface area contributed by atoms with Crippen molar-refractivity contribution in [2.24, 2.45) is 0 Å². The third-order valence-corrected chi connectivity index (χ3v) is 6.86. The Morgan fingerprint density at radius 2 is 1.00 bits per heavy atom. The van der Waals surface area contributed by atoms with Gasteiger partial charge in [-0.05, 0) is 69.9 Å². The van der Waals surface area contributed by atoms with E-state index in [0.717, 1.165) is 34.4 Å². The number of hydrogen-bond donors (Lipinski definition) is 0. The second kappa shape index (κ2) is 9.62. The van der Waals surface area contributed by atoms with Gasteiger partial charge in [-0.2, -0.15) is 4.57 Å². The van der Waals surface area contributed by atoms with Crippen LogP contribution in [0.15, 0.2) is 109 Å². The van der Waals surface area contributed by atoms with Gasteiger partial charge in [-0.3, -0.25) is 0 Å². The van der Waals surface area contributed by atoms with Gasteiger partial charge >= 0.3 is 7.82 Å². The molecule has 0 heterocycles. The molecule has 0 atom stereocenters. The van der Waals surface area contributed by atoms with Crippen molar-refractivity contribution in [2.75, 3.05) is 0 Å². The molecule has 5 aromatic rings. The summed E-state index contributed by atoms with van der Waals surface area (Å²) in [7, 11) is -4.07. The average molecular weight is 468 g/mol. The van der Waals surface area contributed by atoms with Crippen molar-refractivity contribution < 1.29 is 18.1 Å². The molecule has 170 valence electrons. The van der Waals surface area contributed by atoms with Gasteiger partial charge in [0, 0.05) is 0 Å². The predicted octanol–water partition coefficient (Wildman–Crippen LogP) is 8.59. The maximum Gasteiger partial charge on any atom is 0.647 e. The van der Waals surface area contributed by atoms with Gasteiger partial charge in [0.2, 0.25) is 0 Å². The van der Waals surface area contributed by atoms with E-state index >= 15 is 0 Å². The molecular weight excluding hydrogens is 443 g/mol. The van der Waals surface area contributed by atoms with Crippen molar-refractivity contribution in [3.8, 4) is 17.2 Å². The van der Waals surface area contributed by atoms with Crippen molar-refractivity contribution in [2.45, 2.75) is 19.8 Å². The Balaban J connectivity index is 1.47. The molecule has 5 heteroatoms. The molecule has 4 nitrogen and oxygen atoms in total. The van der Waals surface area contributed by atoms with Gasteiger partial charge in [-0.1, -0.05) is 86.1 Å². The third kappa shape index (κ3) is 5.08. The zero-order chi connectivity index (χ0) is 23.4. The summed E-state index contributed by atoms with van der Waals surface area (Å²) in [5.74, 6) is 1.24. The zero-order valence-corrected chi connectivity index (χ0v) is 19.8. The maximum absolute atomic E-state index is 13.9. The molecule has 0 N–H and O–H groups in total. The molecule has 0 radical (unpaired) electrons. The Morgan fingerprint density at radius 1 is 0.559 bits per heavy atom. The van der Waals surface area contributed by atoms with Gasteiger partial charge in [0.1, 0.15) is 17.2 Å². The molecule has 0 spiro atoms. The van der Waals surface area contributed by atoms with Crippen LogP contribution in [-0.2, 0) is 11.0 Å². The summed E-state index contributed by atoms with van der Waals surface area (Å²) in [6, 6.07) is 34.4. The summed E-state index contributed by atoms with van der Waals surface area (Å²) in [5, 5.41) is 4.07. The van der Waals surface area contributed by atoms with E-state index in [1.54, 1.807) is 24.3 Å². The number of phosphoric acid groups is 1. The normalized spacial score (nSPS) is 11.4. The molecule has 0 aromatic heterocycles. The lowest BCUT2D eigenvalue weighted by Gasteiger charge is -2.20. The van der Waals surface area contributed by atoms with Gasteiger partial charge in [-0.15, -0.1) is 0 Å². The van der Waals surface area contributed by atoms with E-state index in [1.165, 1.54) is 5.56 Å². The van der Waals surface area contributed by atoms with Crippen LogP contribution in [0.25, 0.3) is 21.5 Å². The highest BCUT2D eigenvalue weighted by Gasteiger charge is 2.33. The summed E-state index contributed by atoms with van der Waals surface area (Å²) < 4.78 is 31.7. The van der Waals surface area contributed by atoms with Crippen LogP contribution in [0.1, 0.15) is 18.9 Å². The largest absolute Gasteiger partial charge is 0.647 e. The standard InChI is InChI=1S/C29H25O4P/c1-2-7-22-12-16-27(17-13-22)31-34(30,32-28-18-14-23-8-3-5-10-25(23)20-28)33-29-19-15-24-9-4-6-11-26(24)21-29/h3-6,8-21H,2,7H2,1H3. The minimum atomic E-state index is -4.07. The number of benzene rings is 5. The van der Waals surface area contributed by atoms with Crippen LogP contribution in [0.4, 0.5) is 0 Å². The SMILES string of the molecule is CCCc1ccc(OP(=O)(Oc2ccc3ccccc3c2)Oc2ccc3ccccc3c2)cc1. The van der Waals surface area contributed by atoms with E-state index in [9.17, 15) is 4.57 Å². The fraction of sp³-hybridized carbons (Fsp3) is 0.103. The van der Waals surface area contributed by atoms with Gasteiger partial charge < -0.3 is 13.6 Å². The first-order valence-electron chi connectivity index (χ1n) is 11.4. The molecule has 0 fully saturated rings. The number of aryl methyl sites for hydroxylation is 1. The first-order chi connectivity index (χ1) is 16.6. The molecule has 34 heavy (non-hydrogen) atoms. The smallest absolute Gasteiger partial charge is 0.386 e. The zero-order valence-electron chi connectivity index (χ0n) is 18.9. The molecule has 0 amide bonds. The maximum atomic E-state index is 13.9.